The van der Waals surface area contributed by atoms with E-state index in [4.69, 9.17) is 5.21 Å². The lowest BCUT2D eigenvalue weighted by Crippen LogP contribution is -2.12. The van der Waals surface area contributed by atoms with Gasteiger partial charge in [0.25, 0.3) is 0 Å². The minimum atomic E-state index is 0.0473. The summed E-state index contributed by atoms with van der Waals surface area (Å²) in [5.41, 5.74) is 0.893. The molecule has 0 unspecified atom stereocenters. The zero-order valence-electron chi connectivity index (χ0n) is 7.08. The molecule has 2 rings (SSSR count). The first-order valence-corrected chi connectivity index (χ1v) is 5.05. The normalized spacial score (nSPS) is 30.1. The van der Waals surface area contributed by atoms with Gasteiger partial charge in [-0.1, -0.05) is 29.8 Å². The molecular weight excluding hydrogens is 172 g/mol. The number of rotatable bonds is 0. The molecule has 0 saturated heterocycles. The Hall–Kier alpha value is -0.510. The van der Waals surface area contributed by atoms with Crippen molar-refractivity contribution in [1.29, 1.82) is 0 Å². The minimum absolute atomic E-state index is 0.0473. The highest BCUT2D eigenvalue weighted by molar-refractivity contribution is 8.17. The maximum atomic E-state index is 8.67. The predicted molar refractivity (Wildman–Crippen MR) is 51.1 cm³/mol. The van der Waals surface area contributed by atoms with E-state index in [1.165, 1.54) is 12.8 Å². The van der Waals surface area contributed by atoms with Gasteiger partial charge in [0.1, 0.15) is 4.87 Å². The van der Waals surface area contributed by atoms with E-state index in [9.17, 15) is 0 Å². The average Bonchev–Trinajstić information content (AvgIpc) is 2.60. The van der Waals surface area contributed by atoms with Gasteiger partial charge >= 0.3 is 0 Å². The Balaban J connectivity index is 2.24. The topological polar surface area (TPSA) is 45.0 Å². The molecule has 3 nitrogen and oxygen atoms in total. The Labute approximate surface area is 75.9 Å². The van der Waals surface area contributed by atoms with E-state index in [1.807, 2.05) is 6.92 Å². The molecule has 1 fully saturated rings. The number of nitrogens with zero attached hydrogens (tertiary/aromatic N) is 2. The van der Waals surface area contributed by atoms with E-state index in [2.05, 4.69) is 10.1 Å². The van der Waals surface area contributed by atoms with Crippen molar-refractivity contribution in [2.75, 3.05) is 0 Å². The maximum absolute atomic E-state index is 8.67. The quantitative estimate of drug-likeness (QED) is 0.463. The molecule has 1 aliphatic carbocycles. The number of oxime groups is 1. The van der Waals surface area contributed by atoms with Gasteiger partial charge in [-0.15, -0.1) is 0 Å². The molecule has 12 heavy (non-hydrogen) atoms. The van der Waals surface area contributed by atoms with Crippen LogP contribution in [0.4, 0.5) is 0 Å². The van der Waals surface area contributed by atoms with Gasteiger partial charge in [0, 0.05) is 0 Å². The van der Waals surface area contributed by atoms with Crippen molar-refractivity contribution in [3.8, 4) is 0 Å². The van der Waals surface area contributed by atoms with Crippen LogP contribution in [0, 0.1) is 0 Å². The Kier molecular flexibility index (Phi) is 1.87. The average molecular weight is 184 g/mol. The van der Waals surface area contributed by atoms with E-state index in [-0.39, 0.29) is 4.87 Å². The van der Waals surface area contributed by atoms with Crippen LogP contribution in [-0.4, -0.2) is 20.8 Å². The standard InChI is InChI=1S/C8H12N2OS/c1-6-7(10-11)12-8(9-6)4-2-3-5-8/h11H,2-5H2,1H3. The van der Waals surface area contributed by atoms with Crippen LogP contribution in [-0.2, 0) is 0 Å². The van der Waals surface area contributed by atoms with Gasteiger partial charge in [-0.2, -0.15) is 0 Å². The molecule has 0 amide bonds. The van der Waals surface area contributed by atoms with Crippen molar-refractivity contribution in [3.63, 3.8) is 0 Å². The fraction of sp³-hybridized carbons (Fsp3) is 0.750. The lowest BCUT2D eigenvalue weighted by atomic mass is 10.2. The molecule has 0 bridgehead atoms. The second kappa shape index (κ2) is 2.76. The summed E-state index contributed by atoms with van der Waals surface area (Å²) >= 11 is 1.62. The molecule has 1 heterocycles. The van der Waals surface area contributed by atoms with Gasteiger partial charge in [-0.05, 0) is 19.8 Å². The SMILES string of the molecule is CC1=NC2(CCCC2)SC1=NO. The van der Waals surface area contributed by atoms with E-state index >= 15 is 0 Å². The van der Waals surface area contributed by atoms with E-state index < -0.39 is 0 Å². The highest BCUT2D eigenvalue weighted by Crippen LogP contribution is 2.47. The smallest absolute Gasteiger partial charge is 0.158 e. The predicted octanol–water partition coefficient (Wildman–Crippen LogP) is 2.25. The molecule has 0 aromatic heterocycles. The number of thioether (sulfide) groups is 1. The highest BCUT2D eigenvalue weighted by atomic mass is 32.2. The van der Waals surface area contributed by atoms with Gasteiger partial charge in [-0.25, -0.2) is 0 Å². The van der Waals surface area contributed by atoms with E-state index in [0.717, 1.165) is 18.6 Å². The molecule has 0 aromatic carbocycles. The highest BCUT2D eigenvalue weighted by Gasteiger charge is 2.40. The summed E-state index contributed by atoms with van der Waals surface area (Å²) in [6.45, 7) is 1.91. The molecule has 4 heteroatoms. The van der Waals surface area contributed by atoms with Crippen LogP contribution in [0.3, 0.4) is 0 Å². The second-order valence-electron chi connectivity index (χ2n) is 3.36. The molecule has 1 spiro atoms. The second-order valence-corrected chi connectivity index (χ2v) is 4.71. The molecular formula is C8H12N2OS. The Morgan fingerprint density at radius 1 is 1.50 bits per heavy atom. The lowest BCUT2D eigenvalue weighted by Gasteiger charge is -2.15. The van der Waals surface area contributed by atoms with Crippen molar-refractivity contribution >= 4 is 22.5 Å². The van der Waals surface area contributed by atoms with Crippen LogP contribution >= 0.6 is 11.8 Å². The fourth-order valence-corrected chi connectivity index (χ4v) is 3.13. The first kappa shape index (κ1) is 8.10. The first-order chi connectivity index (χ1) is 5.76. The molecule has 1 aliphatic heterocycles. The lowest BCUT2D eigenvalue weighted by molar-refractivity contribution is 0.321. The Morgan fingerprint density at radius 2 is 2.17 bits per heavy atom. The third-order valence-electron chi connectivity index (χ3n) is 2.44. The number of hydrogen-bond donors (Lipinski definition) is 1. The number of hydrogen-bond acceptors (Lipinski definition) is 4. The first-order valence-electron chi connectivity index (χ1n) is 4.24. The maximum Gasteiger partial charge on any atom is 0.158 e. The fourth-order valence-electron chi connectivity index (χ4n) is 1.86. The molecule has 0 radical (unpaired) electrons. The monoisotopic (exact) mass is 184 g/mol. The van der Waals surface area contributed by atoms with Crippen molar-refractivity contribution in [3.05, 3.63) is 0 Å². The Bertz CT molecular complexity index is 254. The van der Waals surface area contributed by atoms with Gasteiger partial charge < -0.3 is 5.21 Å². The van der Waals surface area contributed by atoms with Crippen LogP contribution in [0.15, 0.2) is 10.1 Å². The van der Waals surface area contributed by atoms with Crippen molar-refractivity contribution < 1.29 is 5.21 Å². The summed E-state index contributed by atoms with van der Waals surface area (Å²) in [6.07, 6.45) is 4.77. The van der Waals surface area contributed by atoms with Gasteiger partial charge in [0.2, 0.25) is 0 Å². The summed E-state index contributed by atoms with van der Waals surface area (Å²) in [5.74, 6) is 0. The van der Waals surface area contributed by atoms with Crippen LogP contribution in [0.2, 0.25) is 0 Å². The molecule has 1 N–H and O–H groups in total. The van der Waals surface area contributed by atoms with Crippen LogP contribution in [0.25, 0.3) is 0 Å². The zero-order chi connectivity index (χ0) is 8.60. The van der Waals surface area contributed by atoms with Crippen molar-refractivity contribution in [2.45, 2.75) is 37.5 Å². The van der Waals surface area contributed by atoms with Crippen LogP contribution < -0.4 is 0 Å². The van der Waals surface area contributed by atoms with Crippen molar-refractivity contribution in [2.24, 2.45) is 10.1 Å². The molecule has 0 aromatic rings. The minimum Gasteiger partial charge on any atom is -0.410 e. The van der Waals surface area contributed by atoms with Crippen LogP contribution in [0.5, 0.6) is 0 Å². The molecule has 2 aliphatic rings. The summed E-state index contributed by atoms with van der Waals surface area (Å²) < 4.78 is 0. The summed E-state index contributed by atoms with van der Waals surface area (Å²) in [4.78, 5) is 4.61. The Morgan fingerprint density at radius 3 is 2.67 bits per heavy atom. The van der Waals surface area contributed by atoms with Gasteiger partial charge in [0.05, 0.1) is 5.71 Å². The third-order valence-corrected chi connectivity index (χ3v) is 3.89. The third kappa shape index (κ3) is 1.14. The van der Waals surface area contributed by atoms with Gasteiger partial charge in [0.15, 0.2) is 5.04 Å². The summed E-state index contributed by atoms with van der Waals surface area (Å²) in [5, 5.41) is 12.6. The number of aliphatic imine (C=N–C) groups is 1. The molecule has 0 atom stereocenters. The van der Waals surface area contributed by atoms with E-state index in [0.29, 0.717) is 5.04 Å². The molecule has 66 valence electrons. The zero-order valence-corrected chi connectivity index (χ0v) is 7.89. The van der Waals surface area contributed by atoms with Crippen LogP contribution in [0.1, 0.15) is 32.6 Å². The molecule has 1 saturated carbocycles. The van der Waals surface area contributed by atoms with Gasteiger partial charge in [-0.3, -0.25) is 4.99 Å². The van der Waals surface area contributed by atoms with Crippen molar-refractivity contribution in [1.82, 2.24) is 0 Å². The summed E-state index contributed by atoms with van der Waals surface area (Å²) in [6, 6.07) is 0. The summed E-state index contributed by atoms with van der Waals surface area (Å²) in [7, 11) is 0. The van der Waals surface area contributed by atoms with E-state index in [1.54, 1.807) is 11.8 Å². The largest absolute Gasteiger partial charge is 0.410 e.